The van der Waals surface area contributed by atoms with Gasteiger partial charge in [0, 0.05) is 19.3 Å². The van der Waals surface area contributed by atoms with Crippen LogP contribution >= 0.6 is 0 Å². The highest BCUT2D eigenvalue weighted by Crippen LogP contribution is 2.39. The van der Waals surface area contributed by atoms with Crippen molar-refractivity contribution >= 4 is 0 Å². The third-order valence-electron chi connectivity index (χ3n) is 1.84. The summed E-state index contributed by atoms with van der Waals surface area (Å²) in [6.07, 6.45) is -10.2. The monoisotopic (exact) mass is 245 g/mol. The fourth-order valence-electron chi connectivity index (χ4n) is 1.09. The number of alkyl halides is 6. The predicted molar refractivity (Wildman–Crippen MR) is 41.7 cm³/mol. The standard InChI is InChI=1S/C8H5F6NO/c1-15-3-5(8(12,13)14)4(2-6(15)16)7(9,10)11/h2-3H,1H3. The molecule has 0 saturated heterocycles. The molecule has 16 heavy (non-hydrogen) atoms. The smallest absolute Gasteiger partial charge is 0.318 e. The Labute approximate surface area is 85.1 Å². The van der Waals surface area contributed by atoms with Crippen LogP contribution in [0.1, 0.15) is 11.1 Å². The normalized spacial score (nSPS) is 12.9. The lowest BCUT2D eigenvalue weighted by molar-refractivity contribution is -0.162. The van der Waals surface area contributed by atoms with Gasteiger partial charge in [0.15, 0.2) is 0 Å². The molecule has 2 nitrogen and oxygen atoms in total. The Morgan fingerprint density at radius 1 is 1.00 bits per heavy atom. The topological polar surface area (TPSA) is 22.0 Å². The van der Waals surface area contributed by atoms with Gasteiger partial charge < -0.3 is 4.57 Å². The van der Waals surface area contributed by atoms with Crippen LogP contribution in [-0.4, -0.2) is 4.57 Å². The van der Waals surface area contributed by atoms with Crippen molar-refractivity contribution in [2.24, 2.45) is 7.05 Å². The zero-order valence-electron chi connectivity index (χ0n) is 7.78. The number of aromatic nitrogens is 1. The van der Waals surface area contributed by atoms with Crippen molar-refractivity contribution in [2.75, 3.05) is 0 Å². The molecule has 0 bridgehead atoms. The fourth-order valence-corrected chi connectivity index (χ4v) is 1.09. The summed E-state index contributed by atoms with van der Waals surface area (Å²) >= 11 is 0. The van der Waals surface area contributed by atoms with Crippen LogP contribution in [0.4, 0.5) is 26.3 Å². The maximum Gasteiger partial charge on any atom is 0.418 e. The van der Waals surface area contributed by atoms with Crippen molar-refractivity contribution in [1.29, 1.82) is 0 Å². The van der Waals surface area contributed by atoms with E-state index in [0.29, 0.717) is 4.57 Å². The Balaban J connectivity index is 3.59. The summed E-state index contributed by atoms with van der Waals surface area (Å²) in [5.74, 6) is 0. The van der Waals surface area contributed by atoms with Crippen LogP contribution in [0.25, 0.3) is 0 Å². The maximum atomic E-state index is 12.3. The van der Waals surface area contributed by atoms with Crippen molar-refractivity contribution < 1.29 is 26.3 Å². The number of halogens is 6. The molecule has 1 aromatic rings. The second-order valence-electron chi connectivity index (χ2n) is 3.05. The first kappa shape index (κ1) is 12.6. The molecule has 1 heterocycles. The Morgan fingerprint density at radius 3 is 1.81 bits per heavy atom. The third-order valence-corrected chi connectivity index (χ3v) is 1.84. The molecule has 0 aliphatic rings. The van der Waals surface area contributed by atoms with Gasteiger partial charge in [-0.05, 0) is 0 Å². The molecule has 8 heteroatoms. The van der Waals surface area contributed by atoms with Gasteiger partial charge in [-0.2, -0.15) is 26.3 Å². The van der Waals surface area contributed by atoms with Gasteiger partial charge in [0.25, 0.3) is 5.56 Å². The van der Waals surface area contributed by atoms with Gasteiger partial charge in [-0.3, -0.25) is 4.79 Å². The summed E-state index contributed by atoms with van der Waals surface area (Å²) in [6, 6.07) is -0.0666. The lowest BCUT2D eigenvalue weighted by Gasteiger charge is -2.15. The molecule has 0 N–H and O–H groups in total. The van der Waals surface area contributed by atoms with Crippen LogP contribution < -0.4 is 5.56 Å². The van der Waals surface area contributed by atoms with E-state index in [1.807, 2.05) is 0 Å². The second-order valence-corrected chi connectivity index (χ2v) is 3.05. The Bertz CT molecular complexity index is 455. The van der Waals surface area contributed by atoms with Crippen LogP contribution in [-0.2, 0) is 19.4 Å². The zero-order chi connectivity index (χ0) is 12.7. The molecule has 1 rings (SSSR count). The summed E-state index contributed by atoms with van der Waals surface area (Å²) in [4.78, 5) is 10.9. The van der Waals surface area contributed by atoms with E-state index in [2.05, 4.69) is 0 Å². The van der Waals surface area contributed by atoms with Crippen LogP contribution in [0.3, 0.4) is 0 Å². The van der Waals surface area contributed by atoms with Crippen LogP contribution in [0.2, 0.25) is 0 Å². The molecule has 0 aliphatic carbocycles. The van der Waals surface area contributed by atoms with E-state index < -0.39 is 29.0 Å². The van der Waals surface area contributed by atoms with Gasteiger partial charge in [-0.25, -0.2) is 0 Å². The van der Waals surface area contributed by atoms with E-state index in [1.165, 1.54) is 0 Å². The molecular weight excluding hydrogens is 240 g/mol. The van der Waals surface area contributed by atoms with Crippen molar-refractivity contribution in [3.05, 3.63) is 33.7 Å². The zero-order valence-corrected chi connectivity index (χ0v) is 7.78. The van der Waals surface area contributed by atoms with Gasteiger partial charge in [-0.15, -0.1) is 0 Å². The number of hydrogen-bond acceptors (Lipinski definition) is 1. The first-order chi connectivity index (χ1) is 7.03. The average Bonchev–Trinajstić information content (AvgIpc) is 2.05. The van der Waals surface area contributed by atoms with Gasteiger partial charge in [0.2, 0.25) is 0 Å². The molecule has 0 aromatic carbocycles. The molecule has 0 atom stereocenters. The molecule has 0 amide bonds. The largest absolute Gasteiger partial charge is 0.418 e. The first-order valence-corrected chi connectivity index (χ1v) is 3.88. The predicted octanol–water partition coefficient (Wildman–Crippen LogP) is 2.42. The van der Waals surface area contributed by atoms with Gasteiger partial charge in [0.1, 0.15) is 0 Å². The highest BCUT2D eigenvalue weighted by Gasteiger charge is 2.43. The van der Waals surface area contributed by atoms with Gasteiger partial charge >= 0.3 is 12.4 Å². The maximum absolute atomic E-state index is 12.3. The van der Waals surface area contributed by atoms with Crippen LogP contribution in [0.15, 0.2) is 17.1 Å². The molecule has 0 unspecified atom stereocenters. The minimum absolute atomic E-state index is 0.0666. The highest BCUT2D eigenvalue weighted by molar-refractivity contribution is 5.29. The quantitative estimate of drug-likeness (QED) is 0.643. The van der Waals surface area contributed by atoms with Crippen LogP contribution in [0.5, 0.6) is 0 Å². The Kier molecular flexibility index (Phi) is 2.78. The minimum atomic E-state index is -5.21. The molecule has 0 spiro atoms. The van der Waals surface area contributed by atoms with E-state index in [-0.39, 0.29) is 12.3 Å². The van der Waals surface area contributed by atoms with E-state index in [9.17, 15) is 31.1 Å². The van der Waals surface area contributed by atoms with Crippen molar-refractivity contribution in [3.8, 4) is 0 Å². The summed E-state index contributed by atoms with van der Waals surface area (Å²) in [5, 5.41) is 0. The summed E-state index contributed by atoms with van der Waals surface area (Å²) in [6.45, 7) is 0. The van der Waals surface area contributed by atoms with E-state index in [0.717, 1.165) is 7.05 Å². The highest BCUT2D eigenvalue weighted by atomic mass is 19.4. The van der Waals surface area contributed by atoms with Crippen molar-refractivity contribution in [2.45, 2.75) is 12.4 Å². The number of pyridine rings is 1. The molecular formula is C8H5F6NO. The lowest BCUT2D eigenvalue weighted by atomic mass is 10.1. The van der Waals surface area contributed by atoms with E-state index in [1.54, 1.807) is 0 Å². The summed E-state index contributed by atoms with van der Waals surface area (Å²) in [7, 11) is 0.942. The minimum Gasteiger partial charge on any atom is -0.318 e. The Morgan fingerprint density at radius 2 is 1.44 bits per heavy atom. The average molecular weight is 245 g/mol. The molecule has 90 valence electrons. The molecule has 0 aliphatic heterocycles. The van der Waals surface area contributed by atoms with Crippen LogP contribution in [0, 0.1) is 0 Å². The molecule has 0 fully saturated rings. The fraction of sp³-hybridized carbons (Fsp3) is 0.375. The molecule has 0 radical (unpaired) electrons. The molecule has 1 aromatic heterocycles. The third kappa shape index (κ3) is 2.37. The van der Waals surface area contributed by atoms with Crippen molar-refractivity contribution in [3.63, 3.8) is 0 Å². The number of hydrogen-bond donors (Lipinski definition) is 0. The number of nitrogens with zero attached hydrogens (tertiary/aromatic N) is 1. The Hall–Kier alpha value is -1.47. The molecule has 0 saturated carbocycles. The van der Waals surface area contributed by atoms with Gasteiger partial charge in [0.05, 0.1) is 11.1 Å². The SMILES string of the molecule is Cn1cc(C(F)(F)F)c(C(F)(F)F)cc1=O. The summed E-state index contributed by atoms with van der Waals surface area (Å²) < 4.78 is 74.0. The van der Waals surface area contributed by atoms with E-state index >= 15 is 0 Å². The van der Waals surface area contributed by atoms with Crippen molar-refractivity contribution in [1.82, 2.24) is 4.57 Å². The second kappa shape index (κ2) is 3.53. The summed E-state index contributed by atoms with van der Waals surface area (Å²) in [5.41, 5.74) is -4.99. The van der Waals surface area contributed by atoms with E-state index in [4.69, 9.17) is 0 Å². The first-order valence-electron chi connectivity index (χ1n) is 3.88. The lowest BCUT2D eigenvalue weighted by Crippen LogP contribution is -2.25. The van der Waals surface area contributed by atoms with Gasteiger partial charge in [-0.1, -0.05) is 0 Å². The number of aryl methyl sites for hydroxylation is 1. The number of rotatable bonds is 0.